The van der Waals surface area contributed by atoms with Crippen molar-refractivity contribution in [2.24, 2.45) is 5.10 Å². The van der Waals surface area contributed by atoms with E-state index in [1.807, 2.05) is 0 Å². The lowest BCUT2D eigenvalue weighted by atomic mass is 10.1. The molecular formula is C28H19N5O8. The zero-order valence-corrected chi connectivity index (χ0v) is 20.9. The van der Waals surface area contributed by atoms with Crippen LogP contribution in [-0.2, 0) is 0 Å². The van der Waals surface area contributed by atoms with Crippen LogP contribution in [0.1, 0.15) is 36.6 Å². The Morgan fingerprint density at radius 2 is 1.27 bits per heavy atom. The number of benzene rings is 4. The Hall–Kier alpha value is -6.24. The largest absolute Gasteiger partial charge is 0.422 e. The number of carbonyl (C=O) groups is 3. The number of hydrogen-bond donors (Lipinski definition) is 2. The molecule has 0 spiro atoms. The van der Waals surface area contributed by atoms with Crippen LogP contribution in [0.5, 0.6) is 5.75 Å². The Morgan fingerprint density at radius 3 is 1.90 bits per heavy atom. The van der Waals surface area contributed by atoms with Crippen molar-refractivity contribution in [2.45, 2.75) is 0 Å². The lowest BCUT2D eigenvalue weighted by Gasteiger charge is -2.10. The fourth-order valence-electron chi connectivity index (χ4n) is 3.50. The number of nitrogens with zero attached hydrogens (tertiary/aromatic N) is 3. The van der Waals surface area contributed by atoms with Crippen LogP contribution in [0.3, 0.4) is 0 Å². The second-order valence-electron chi connectivity index (χ2n) is 8.23. The first-order valence-corrected chi connectivity index (χ1v) is 11.8. The fraction of sp³-hybridized carbons (Fsp3) is 0. The molecule has 2 N–H and O–H groups in total. The van der Waals surface area contributed by atoms with Gasteiger partial charge in [0.1, 0.15) is 5.75 Å². The molecule has 0 unspecified atom stereocenters. The second kappa shape index (κ2) is 12.5. The molecule has 0 atom stereocenters. The standard InChI is InChI=1S/C28H19N5O8/c34-26(18-9-13-21(14-10-18)32(37)38)30-24-7-3-2-6-23(24)27(35)31-29-17-20-5-1-4-8-25(20)41-28(36)19-11-15-22(16-12-19)33(39)40/h1-17H,(H,30,34)(H,31,35)/b29-17-. The van der Waals surface area contributed by atoms with E-state index in [1.54, 1.807) is 30.3 Å². The number of para-hydroxylation sites is 2. The normalized spacial score (nSPS) is 10.5. The molecule has 0 aliphatic rings. The summed E-state index contributed by atoms with van der Waals surface area (Å²) >= 11 is 0. The Balaban J connectivity index is 1.43. The van der Waals surface area contributed by atoms with Crippen LogP contribution >= 0.6 is 0 Å². The van der Waals surface area contributed by atoms with Crippen LogP contribution in [0.15, 0.2) is 102 Å². The van der Waals surface area contributed by atoms with Crippen molar-refractivity contribution < 1.29 is 29.0 Å². The summed E-state index contributed by atoms with van der Waals surface area (Å²) in [6.07, 6.45) is 1.26. The SMILES string of the molecule is O=C(Nc1ccccc1C(=O)N/N=C\c1ccccc1OC(=O)c1ccc([N+](=O)[O-])cc1)c1ccc([N+](=O)[O-])cc1. The Kier molecular flexibility index (Phi) is 8.50. The van der Waals surface area contributed by atoms with E-state index in [4.69, 9.17) is 4.74 Å². The van der Waals surface area contributed by atoms with Crippen LogP contribution in [0.25, 0.3) is 0 Å². The predicted octanol–water partition coefficient (Wildman–Crippen LogP) is 4.74. The van der Waals surface area contributed by atoms with E-state index in [-0.39, 0.29) is 39.5 Å². The van der Waals surface area contributed by atoms with E-state index >= 15 is 0 Å². The quantitative estimate of drug-likeness (QED) is 0.0979. The number of hydrazone groups is 1. The molecule has 0 radical (unpaired) electrons. The minimum atomic E-state index is -0.748. The van der Waals surface area contributed by atoms with Gasteiger partial charge in [0, 0.05) is 35.4 Å². The molecule has 0 aliphatic heterocycles. The number of nitro benzene ring substituents is 2. The van der Waals surface area contributed by atoms with Gasteiger partial charge in [-0.15, -0.1) is 0 Å². The van der Waals surface area contributed by atoms with Gasteiger partial charge in [0.15, 0.2) is 0 Å². The van der Waals surface area contributed by atoms with Crippen LogP contribution in [-0.4, -0.2) is 33.8 Å². The topological polar surface area (TPSA) is 183 Å². The average molecular weight is 553 g/mol. The number of carbonyl (C=O) groups excluding carboxylic acids is 3. The molecule has 0 heterocycles. The number of hydrogen-bond acceptors (Lipinski definition) is 9. The van der Waals surface area contributed by atoms with E-state index in [2.05, 4.69) is 15.8 Å². The summed E-state index contributed by atoms with van der Waals surface area (Å²) < 4.78 is 5.40. The van der Waals surface area contributed by atoms with Gasteiger partial charge < -0.3 is 10.1 Å². The molecule has 0 bridgehead atoms. The molecular weight excluding hydrogens is 534 g/mol. The summed E-state index contributed by atoms with van der Waals surface area (Å²) in [5.41, 5.74) is 2.90. The molecule has 4 aromatic carbocycles. The third kappa shape index (κ3) is 7.00. The van der Waals surface area contributed by atoms with Crippen molar-refractivity contribution in [1.82, 2.24) is 5.43 Å². The number of esters is 1. The highest BCUT2D eigenvalue weighted by atomic mass is 16.6. The van der Waals surface area contributed by atoms with E-state index in [9.17, 15) is 34.6 Å². The van der Waals surface area contributed by atoms with Crippen molar-refractivity contribution in [1.29, 1.82) is 0 Å². The van der Waals surface area contributed by atoms with Crippen LogP contribution in [0.4, 0.5) is 17.1 Å². The molecule has 4 rings (SSSR count). The molecule has 41 heavy (non-hydrogen) atoms. The van der Waals surface area contributed by atoms with E-state index < -0.39 is 27.6 Å². The lowest BCUT2D eigenvalue weighted by molar-refractivity contribution is -0.385. The van der Waals surface area contributed by atoms with Crippen molar-refractivity contribution >= 4 is 41.1 Å². The van der Waals surface area contributed by atoms with Gasteiger partial charge in [0.2, 0.25) is 0 Å². The van der Waals surface area contributed by atoms with Gasteiger partial charge in [-0.2, -0.15) is 5.10 Å². The molecule has 0 saturated heterocycles. The van der Waals surface area contributed by atoms with Gasteiger partial charge in [-0.25, -0.2) is 10.2 Å². The van der Waals surface area contributed by atoms with Gasteiger partial charge in [0.25, 0.3) is 23.2 Å². The Bertz CT molecular complexity index is 1670. The van der Waals surface area contributed by atoms with Crippen molar-refractivity contribution in [2.75, 3.05) is 5.32 Å². The molecule has 4 aromatic rings. The molecule has 2 amide bonds. The van der Waals surface area contributed by atoms with Gasteiger partial charge >= 0.3 is 5.97 Å². The lowest BCUT2D eigenvalue weighted by Crippen LogP contribution is -2.21. The van der Waals surface area contributed by atoms with Crippen molar-refractivity contribution in [3.63, 3.8) is 0 Å². The summed E-state index contributed by atoms with van der Waals surface area (Å²) in [4.78, 5) is 58.5. The van der Waals surface area contributed by atoms with Crippen molar-refractivity contribution in [3.8, 4) is 5.75 Å². The molecule has 13 nitrogen and oxygen atoms in total. The number of nitro groups is 2. The van der Waals surface area contributed by atoms with Crippen LogP contribution < -0.4 is 15.5 Å². The third-order valence-electron chi connectivity index (χ3n) is 5.57. The van der Waals surface area contributed by atoms with Gasteiger partial charge in [-0.05, 0) is 48.5 Å². The predicted molar refractivity (Wildman–Crippen MR) is 147 cm³/mol. The minimum absolute atomic E-state index is 0.0952. The maximum atomic E-state index is 12.8. The average Bonchev–Trinajstić information content (AvgIpc) is 2.98. The van der Waals surface area contributed by atoms with E-state index in [0.717, 1.165) is 0 Å². The molecule has 0 aromatic heterocycles. The number of nitrogens with one attached hydrogen (secondary N) is 2. The highest BCUT2D eigenvalue weighted by Gasteiger charge is 2.16. The maximum absolute atomic E-state index is 12.8. The number of non-ortho nitro benzene ring substituents is 2. The molecule has 204 valence electrons. The van der Waals surface area contributed by atoms with Crippen molar-refractivity contribution in [3.05, 3.63) is 140 Å². The van der Waals surface area contributed by atoms with Gasteiger partial charge in [-0.1, -0.05) is 24.3 Å². The summed E-state index contributed by atoms with van der Waals surface area (Å²) in [5.74, 6) is -1.85. The molecule has 0 aliphatic carbocycles. The van der Waals surface area contributed by atoms with E-state index in [0.29, 0.717) is 5.56 Å². The zero-order valence-electron chi connectivity index (χ0n) is 20.9. The monoisotopic (exact) mass is 553 g/mol. The van der Waals surface area contributed by atoms with Crippen LogP contribution in [0.2, 0.25) is 0 Å². The number of amides is 2. The fourth-order valence-corrected chi connectivity index (χ4v) is 3.50. The van der Waals surface area contributed by atoms with Gasteiger partial charge in [0.05, 0.1) is 32.9 Å². The minimum Gasteiger partial charge on any atom is -0.422 e. The number of ether oxygens (including phenoxy) is 1. The molecule has 0 saturated carbocycles. The first kappa shape index (κ1) is 27.8. The third-order valence-corrected chi connectivity index (χ3v) is 5.57. The smallest absolute Gasteiger partial charge is 0.343 e. The number of anilines is 1. The number of rotatable bonds is 9. The molecule has 13 heteroatoms. The maximum Gasteiger partial charge on any atom is 0.343 e. The second-order valence-corrected chi connectivity index (χ2v) is 8.23. The summed E-state index contributed by atoms with van der Waals surface area (Å²) in [6, 6.07) is 22.5. The van der Waals surface area contributed by atoms with Crippen LogP contribution in [0, 0.1) is 20.2 Å². The highest BCUT2D eigenvalue weighted by molar-refractivity contribution is 6.09. The molecule has 0 fully saturated rings. The summed E-state index contributed by atoms with van der Waals surface area (Å²) in [5, 5.41) is 28.2. The summed E-state index contributed by atoms with van der Waals surface area (Å²) in [6.45, 7) is 0. The highest BCUT2D eigenvalue weighted by Crippen LogP contribution is 2.20. The Morgan fingerprint density at radius 1 is 0.707 bits per heavy atom. The zero-order chi connectivity index (χ0) is 29.4. The van der Waals surface area contributed by atoms with Gasteiger partial charge in [-0.3, -0.25) is 29.8 Å². The first-order valence-electron chi connectivity index (χ1n) is 11.8. The Labute approximate surface area is 231 Å². The first-order chi connectivity index (χ1) is 19.7. The van der Waals surface area contributed by atoms with E-state index in [1.165, 1.54) is 72.9 Å². The summed E-state index contributed by atoms with van der Waals surface area (Å²) in [7, 11) is 0.